The number of aromatic amines is 1. The number of nitrogens with one attached hydrogen (secondary N) is 2. The number of hydrogen-bond donors (Lipinski definition) is 2. The van der Waals surface area contributed by atoms with Crippen molar-refractivity contribution in [3.63, 3.8) is 0 Å². The van der Waals surface area contributed by atoms with Crippen molar-refractivity contribution >= 4 is 10.9 Å². The monoisotopic (exact) mass is 254 g/mol. The van der Waals surface area contributed by atoms with E-state index in [9.17, 15) is 0 Å². The Labute approximate surface area is 112 Å². The summed E-state index contributed by atoms with van der Waals surface area (Å²) in [6.07, 6.45) is 4.84. The fraction of sp³-hybridized carbons (Fsp3) is 0.250. The van der Waals surface area contributed by atoms with E-state index in [1.807, 2.05) is 12.1 Å². The first-order valence-electron chi connectivity index (χ1n) is 6.62. The zero-order valence-corrected chi connectivity index (χ0v) is 11.1. The number of hydrogen-bond acceptors (Lipinski definition) is 2. The Morgan fingerprint density at radius 2 is 2.21 bits per heavy atom. The van der Waals surface area contributed by atoms with Crippen LogP contribution in [0.4, 0.5) is 0 Å². The van der Waals surface area contributed by atoms with Crippen molar-refractivity contribution in [1.29, 1.82) is 0 Å². The molecule has 0 saturated carbocycles. The van der Waals surface area contributed by atoms with Gasteiger partial charge in [-0.05, 0) is 49.7 Å². The van der Waals surface area contributed by atoms with Crippen LogP contribution in [0.3, 0.4) is 0 Å². The third-order valence-corrected chi connectivity index (χ3v) is 3.37. The SMILES string of the molecule is Cc1ccc2[nH]cc(CCNCc3ccco3)c2c1. The summed E-state index contributed by atoms with van der Waals surface area (Å²) in [5, 5.41) is 4.73. The molecule has 3 heteroatoms. The lowest BCUT2D eigenvalue weighted by Gasteiger charge is -2.02. The van der Waals surface area contributed by atoms with Crippen LogP contribution in [0, 0.1) is 6.92 Å². The zero-order chi connectivity index (χ0) is 13.1. The van der Waals surface area contributed by atoms with Crippen molar-refractivity contribution in [3.8, 4) is 0 Å². The summed E-state index contributed by atoms with van der Waals surface area (Å²) in [7, 11) is 0. The van der Waals surface area contributed by atoms with Crippen LogP contribution in [0.2, 0.25) is 0 Å². The number of aromatic nitrogens is 1. The van der Waals surface area contributed by atoms with Gasteiger partial charge in [0.15, 0.2) is 0 Å². The Morgan fingerprint density at radius 1 is 1.26 bits per heavy atom. The van der Waals surface area contributed by atoms with Gasteiger partial charge in [0, 0.05) is 17.1 Å². The minimum atomic E-state index is 0.786. The van der Waals surface area contributed by atoms with E-state index in [4.69, 9.17) is 4.42 Å². The summed E-state index contributed by atoms with van der Waals surface area (Å²) >= 11 is 0. The molecule has 0 amide bonds. The summed E-state index contributed by atoms with van der Waals surface area (Å²) in [6, 6.07) is 10.4. The highest BCUT2D eigenvalue weighted by molar-refractivity contribution is 5.83. The number of benzene rings is 1. The summed E-state index contributed by atoms with van der Waals surface area (Å²) < 4.78 is 5.29. The molecule has 0 fully saturated rings. The van der Waals surface area contributed by atoms with Crippen molar-refractivity contribution in [1.82, 2.24) is 10.3 Å². The van der Waals surface area contributed by atoms with Gasteiger partial charge in [-0.1, -0.05) is 11.6 Å². The third-order valence-electron chi connectivity index (χ3n) is 3.37. The van der Waals surface area contributed by atoms with Crippen LogP contribution >= 0.6 is 0 Å². The lowest BCUT2D eigenvalue weighted by molar-refractivity contribution is 0.484. The molecule has 3 aromatic rings. The molecule has 0 bridgehead atoms. The van der Waals surface area contributed by atoms with E-state index in [1.165, 1.54) is 22.0 Å². The summed E-state index contributed by atoms with van der Waals surface area (Å²) in [4.78, 5) is 3.32. The Balaban J connectivity index is 1.60. The lowest BCUT2D eigenvalue weighted by atomic mass is 10.1. The van der Waals surface area contributed by atoms with Crippen LogP contribution in [-0.2, 0) is 13.0 Å². The fourth-order valence-corrected chi connectivity index (χ4v) is 2.35. The predicted molar refractivity (Wildman–Crippen MR) is 77.2 cm³/mol. The molecule has 0 atom stereocenters. The van der Waals surface area contributed by atoms with Gasteiger partial charge in [0.2, 0.25) is 0 Å². The highest BCUT2D eigenvalue weighted by Crippen LogP contribution is 2.19. The molecular weight excluding hydrogens is 236 g/mol. The van der Waals surface area contributed by atoms with Crippen LogP contribution in [0.5, 0.6) is 0 Å². The molecule has 0 spiro atoms. The van der Waals surface area contributed by atoms with Gasteiger partial charge in [0.05, 0.1) is 12.8 Å². The maximum absolute atomic E-state index is 5.29. The second-order valence-electron chi connectivity index (χ2n) is 4.87. The number of H-pyrrole nitrogens is 1. The van der Waals surface area contributed by atoms with Gasteiger partial charge in [-0.2, -0.15) is 0 Å². The number of rotatable bonds is 5. The molecule has 0 aliphatic heterocycles. The molecule has 2 heterocycles. The van der Waals surface area contributed by atoms with Crippen molar-refractivity contribution in [2.24, 2.45) is 0 Å². The zero-order valence-electron chi connectivity index (χ0n) is 11.1. The highest BCUT2D eigenvalue weighted by Gasteiger charge is 2.03. The van der Waals surface area contributed by atoms with E-state index < -0.39 is 0 Å². The normalized spacial score (nSPS) is 11.2. The van der Waals surface area contributed by atoms with Crippen molar-refractivity contribution in [3.05, 3.63) is 59.7 Å². The first-order valence-corrected chi connectivity index (χ1v) is 6.62. The van der Waals surface area contributed by atoms with Crippen LogP contribution in [0.15, 0.2) is 47.2 Å². The van der Waals surface area contributed by atoms with E-state index in [0.717, 1.165) is 25.3 Å². The lowest BCUT2D eigenvalue weighted by Crippen LogP contribution is -2.16. The number of aryl methyl sites for hydroxylation is 1. The van der Waals surface area contributed by atoms with Crippen LogP contribution in [0.1, 0.15) is 16.9 Å². The van der Waals surface area contributed by atoms with E-state index >= 15 is 0 Å². The quantitative estimate of drug-likeness (QED) is 0.685. The summed E-state index contributed by atoms with van der Waals surface area (Å²) in [6.45, 7) is 3.86. The molecule has 19 heavy (non-hydrogen) atoms. The second kappa shape index (κ2) is 5.33. The smallest absolute Gasteiger partial charge is 0.117 e. The van der Waals surface area contributed by atoms with Gasteiger partial charge in [-0.15, -0.1) is 0 Å². The minimum absolute atomic E-state index is 0.786. The molecule has 98 valence electrons. The Bertz CT molecular complexity index is 653. The first kappa shape index (κ1) is 12.1. The first-order chi connectivity index (χ1) is 9.33. The van der Waals surface area contributed by atoms with Crippen molar-refractivity contribution < 1.29 is 4.42 Å². The molecule has 2 aromatic heterocycles. The number of furan rings is 1. The van der Waals surface area contributed by atoms with Gasteiger partial charge < -0.3 is 14.7 Å². The minimum Gasteiger partial charge on any atom is -0.468 e. The van der Waals surface area contributed by atoms with E-state index in [-0.39, 0.29) is 0 Å². The largest absolute Gasteiger partial charge is 0.468 e. The van der Waals surface area contributed by atoms with Gasteiger partial charge in [0.1, 0.15) is 5.76 Å². The van der Waals surface area contributed by atoms with Crippen molar-refractivity contribution in [2.75, 3.05) is 6.54 Å². The predicted octanol–water partition coefficient (Wildman–Crippen LogP) is 3.40. The van der Waals surface area contributed by atoms with E-state index in [0.29, 0.717) is 0 Å². The van der Waals surface area contributed by atoms with E-state index in [1.54, 1.807) is 6.26 Å². The molecule has 1 aromatic carbocycles. The van der Waals surface area contributed by atoms with Gasteiger partial charge in [-0.3, -0.25) is 0 Å². The maximum atomic E-state index is 5.29. The summed E-state index contributed by atoms with van der Waals surface area (Å²) in [5.74, 6) is 0.981. The van der Waals surface area contributed by atoms with Gasteiger partial charge in [0.25, 0.3) is 0 Å². The van der Waals surface area contributed by atoms with Crippen LogP contribution in [-0.4, -0.2) is 11.5 Å². The van der Waals surface area contributed by atoms with Crippen LogP contribution < -0.4 is 5.32 Å². The number of fused-ring (bicyclic) bond motifs is 1. The molecule has 3 nitrogen and oxygen atoms in total. The Kier molecular flexibility index (Phi) is 3.38. The fourth-order valence-electron chi connectivity index (χ4n) is 2.35. The molecule has 0 radical (unpaired) electrons. The molecule has 0 aliphatic rings. The molecular formula is C16H18N2O. The molecule has 0 unspecified atom stereocenters. The Hall–Kier alpha value is -2.00. The Morgan fingerprint density at radius 3 is 3.05 bits per heavy atom. The topological polar surface area (TPSA) is 41.0 Å². The second-order valence-corrected chi connectivity index (χ2v) is 4.87. The van der Waals surface area contributed by atoms with Crippen molar-refractivity contribution in [2.45, 2.75) is 19.9 Å². The molecule has 2 N–H and O–H groups in total. The van der Waals surface area contributed by atoms with Crippen LogP contribution in [0.25, 0.3) is 10.9 Å². The van der Waals surface area contributed by atoms with Gasteiger partial charge in [-0.25, -0.2) is 0 Å². The van der Waals surface area contributed by atoms with E-state index in [2.05, 4.69) is 41.6 Å². The molecule has 0 saturated heterocycles. The average molecular weight is 254 g/mol. The summed E-state index contributed by atoms with van der Waals surface area (Å²) in [5.41, 5.74) is 3.88. The third kappa shape index (κ3) is 2.71. The average Bonchev–Trinajstić information content (AvgIpc) is 3.04. The maximum Gasteiger partial charge on any atom is 0.117 e. The highest BCUT2D eigenvalue weighted by atomic mass is 16.3. The standard InChI is InChI=1S/C16H18N2O/c1-12-4-5-16-15(9-12)13(10-18-16)6-7-17-11-14-3-2-8-19-14/h2-5,8-10,17-18H,6-7,11H2,1H3. The van der Waals surface area contributed by atoms with Gasteiger partial charge >= 0.3 is 0 Å². The molecule has 0 aliphatic carbocycles. The molecule has 3 rings (SSSR count).